The van der Waals surface area contributed by atoms with Gasteiger partial charge in [0.05, 0.1) is 11.3 Å². The van der Waals surface area contributed by atoms with Gasteiger partial charge in [0.25, 0.3) is 0 Å². The van der Waals surface area contributed by atoms with Crippen LogP contribution < -0.4 is 11.5 Å². The predicted molar refractivity (Wildman–Crippen MR) is 69.2 cm³/mol. The largest absolute Gasteiger partial charge is 0.383 e. The van der Waals surface area contributed by atoms with E-state index in [1.807, 2.05) is 24.3 Å². The number of hydrogen-bond donors (Lipinski definition) is 2. The SMILES string of the molecule is NCCSCc1nc(N)c2ccccc2n1. The Morgan fingerprint density at radius 3 is 2.81 bits per heavy atom. The number of para-hydroxylation sites is 1. The molecule has 0 aliphatic heterocycles. The van der Waals surface area contributed by atoms with E-state index < -0.39 is 0 Å². The quantitative estimate of drug-likeness (QED) is 0.782. The van der Waals surface area contributed by atoms with E-state index in [2.05, 4.69) is 9.97 Å². The number of rotatable bonds is 4. The van der Waals surface area contributed by atoms with Crippen molar-refractivity contribution >= 4 is 28.5 Å². The maximum atomic E-state index is 5.88. The van der Waals surface area contributed by atoms with Gasteiger partial charge in [-0.15, -0.1) is 0 Å². The lowest BCUT2D eigenvalue weighted by atomic mass is 10.2. The van der Waals surface area contributed by atoms with Crippen molar-refractivity contribution in [1.82, 2.24) is 9.97 Å². The minimum atomic E-state index is 0.550. The molecular weight excluding hydrogens is 220 g/mol. The van der Waals surface area contributed by atoms with Gasteiger partial charge in [0.2, 0.25) is 0 Å². The number of aromatic nitrogens is 2. The number of fused-ring (bicyclic) bond motifs is 1. The molecular formula is C11H14N4S. The van der Waals surface area contributed by atoms with Crippen molar-refractivity contribution in [2.45, 2.75) is 5.75 Å². The summed E-state index contributed by atoms with van der Waals surface area (Å²) in [7, 11) is 0. The number of nitrogen functional groups attached to an aromatic ring is 1. The molecule has 2 aromatic rings. The van der Waals surface area contributed by atoms with E-state index in [4.69, 9.17) is 11.5 Å². The molecule has 1 aromatic carbocycles. The maximum absolute atomic E-state index is 5.88. The smallest absolute Gasteiger partial charge is 0.141 e. The summed E-state index contributed by atoms with van der Waals surface area (Å²) in [6.45, 7) is 0.674. The zero-order valence-electron chi connectivity index (χ0n) is 8.89. The molecule has 84 valence electrons. The summed E-state index contributed by atoms with van der Waals surface area (Å²) in [6.07, 6.45) is 0. The van der Waals surface area contributed by atoms with Crippen molar-refractivity contribution in [3.05, 3.63) is 30.1 Å². The van der Waals surface area contributed by atoms with Crippen molar-refractivity contribution in [2.75, 3.05) is 18.0 Å². The Labute approximate surface area is 98.5 Å². The van der Waals surface area contributed by atoms with E-state index in [0.717, 1.165) is 28.2 Å². The molecule has 0 aliphatic rings. The highest BCUT2D eigenvalue weighted by Gasteiger charge is 2.04. The second-order valence-electron chi connectivity index (χ2n) is 3.38. The summed E-state index contributed by atoms with van der Waals surface area (Å²) in [5.41, 5.74) is 12.2. The summed E-state index contributed by atoms with van der Waals surface area (Å²) in [6, 6.07) is 7.77. The van der Waals surface area contributed by atoms with Crippen LogP contribution in [0.15, 0.2) is 24.3 Å². The van der Waals surface area contributed by atoms with Crippen LogP contribution in [0.2, 0.25) is 0 Å². The summed E-state index contributed by atoms with van der Waals surface area (Å²) < 4.78 is 0. The first kappa shape index (κ1) is 11.2. The Kier molecular flexibility index (Phi) is 3.58. The average molecular weight is 234 g/mol. The molecule has 16 heavy (non-hydrogen) atoms. The number of nitrogens with zero attached hydrogens (tertiary/aromatic N) is 2. The standard InChI is InChI=1S/C11H14N4S/c12-5-6-16-7-10-14-9-4-2-1-3-8(9)11(13)15-10/h1-4H,5-7,12H2,(H2,13,14,15). The molecule has 4 nitrogen and oxygen atoms in total. The molecule has 1 aromatic heterocycles. The van der Waals surface area contributed by atoms with E-state index in [1.165, 1.54) is 0 Å². The molecule has 0 saturated heterocycles. The molecule has 0 fully saturated rings. The van der Waals surface area contributed by atoms with Gasteiger partial charge in [-0.05, 0) is 12.1 Å². The zero-order valence-corrected chi connectivity index (χ0v) is 9.70. The second-order valence-corrected chi connectivity index (χ2v) is 4.49. The van der Waals surface area contributed by atoms with Crippen molar-refractivity contribution in [3.8, 4) is 0 Å². The first-order valence-electron chi connectivity index (χ1n) is 5.10. The number of benzene rings is 1. The van der Waals surface area contributed by atoms with Gasteiger partial charge >= 0.3 is 0 Å². The molecule has 1 heterocycles. The van der Waals surface area contributed by atoms with E-state index in [1.54, 1.807) is 11.8 Å². The van der Waals surface area contributed by atoms with Crippen LogP contribution in [0.3, 0.4) is 0 Å². The minimum Gasteiger partial charge on any atom is -0.383 e. The van der Waals surface area contributed by atoms with E-state index in [0.29, 0.717) is 12.4 Å². The van der Waals surface area contributed by atoms with Gasteiger partial charge < -0.3 is 11.5 Å². The van der Waals surface area contributed by atoms with Gasteiger partial charge in [-0.25, -0.2) is 9.97 Å². The number of nitrogens with two attached hydrogens (primary N) is 2. The lowest BCUT2D eigenvalue weighted by Crippen LogP contribution is -2.03. The van der Waals surface area contributed by atoms with Crippen LogP contribution in [0.5, 0.6) is 0 Å². The molecule has 0 radical (unpaired) electrons. The second kappa shape index (κ2) is 5.14. The molecule has 0 atom stereocenters. The normalized spacial score (nSPS) is 10.8. The number of anilines is 1. The van der Waals surface area contributed by atoms with Crippen molar-refractivity contribution < 1.29 is 0 Å². The lowest BCUT2D eigenvalue weighted by Gasteiger charge is -2.04. The molecule has 5 heteroatoms. The molecule has 0 spiro atoms. The summed E-state index contributed by atoms with van der Waals surface area (Å²) in [5, 5.41) is 0.912. The van der Waals surface area contributed by atoms with Crippen LogP contribution >= 0.6 is 11.8 Å². The van der Waals surface area contributed by atoms with Gasteiger partial charge in [-0.2, -0.15) is 11.8 Å². The van der Waals surface area contributed by atoms with Gasteiger partial charge in [-0.3, -0.25) is 0 Å². The van der Waals surface area contributed by atoms with E-state index >= 15 is 0 Å². The Bertz CT molecular complexity index is 486. The molecule has 0 saturated carbocycles. The van der Waals surface area contributed by atoms with E-state index in [9.17, 15) is 0 Å². The van der Waals surface area contributed by atoms with Gasteiger partial charge in [0.1, 0.15) is 11.6 Å². The predicted octanol–water partition coefficient (Wildman–Crippen LogP) is 1.40. The summed E-state index contributed by atoms with van der Waals surface area (Å²) >= 11 is 1.72. The highest BCUT2D eigenvalue weighted by molar-refractivity contribution is 7.98. The first-order chi connectivity index (χ1) is 7.81. The Morgan fingerprint density at radius 2 is 2.00 bits per heavy atom. The van der Waals surface area contributed by atoms with Gasteiger partial charge in [0.15, 0.2) is 0 Å². The van der Waals surface area contributed by atoms with Crippen LogP contribution in [0, 0.1) is 0 Å². The molecule has 0 bridgehead atoms. The topological polar surface area (TPSA) is 77.8 Å². The van der Waals surface area contributed by atoms with Crippen LogP contribution in [0.25, 0.3) is 10.9 Å². The lowest BCUT2D eigenvalue weighted by molar-refractivity contribution is 1.07. The zero-order chi connectivity index (χ0) is 11.4. The average Bonchev–Trinajstić information content (AvgIpc) is 2.30. The van der Waals surface area contributed by atoms with Crippen LogP contribution in [0.1, 0.15) is 5.82 Å². The highest BCUT2D eigenvalue weighted by atomic mass is 32.2. The fourth-order valence-corrected chi connectivity index (χ4v) is 2.09. The highest BCUT2D eigenvalue weighted by Crippen LogP contribution is 2.18. The van der Waals surface area contributed by atoms with Gasteiger partial charge in [-0.1, -0.05) is 12.1 Å². The Balaban J connectivity index is 2.27. The molecule has 0 unspecified atom stereocenters. The molecule has 0 amide bonds. The van der Waals surface area contributed by atoms with Crippen LogP contribution in [0.4, 0.5) is 5.82 Å². The molecule has 4 N–H and O–H groups in total. The number of hydrogen-bond acceptors (Lipinski definition) is 5. The Hall–Kier alpha value is -1.33. The third kappa shape index (κ3) is 2.43. The van der Waals surface area contributed by atoms with Crippen LogP contribution in [-0.4, -0.2) is 22.3 Å². The third-order valence-corrected chi connectivity index (χ3v) is 3.16. The molecule has 2 rings (SSSR count). The Morgan fingerprint density at radius 1 is 1.19 bits per heavy atom. The fraction of sp³-hybridized carbons (Fsp3) is 0.273. The first-order valence-corrected chi connectivity index (χ1v) is 6.25. The molecule has 0 aliphatic carbocycles. The van der Waals surface area contributed by atoms with Crippen LogP contribution in [-0.2, 0) is 5.75 Å². The van der Waals surface area contributed by atoms with Gasteiger partial charge in [0, 0.05) is 17.7 Å². The van der Waals surface area contributed by atoms with E-state index in [-0.39, 0.29) is 0 Å². The van der Waals surface area contributed by atoms with Crippen molar-refractivity contribution in [2.24, 2.45) is 5.73 Å². The third-order valence-electron chi connectivity index (χ3n) is 2.17. The minimum absolute atomic E-state index is 0.550. The van der Waals surface area contributed by atoms with Crippen molar-refractivity contribution in [1.29, 1.82) is 0 Å². The summed E-state index contributed by atoms with van der Waals surface area (Å²) in [4.78, 5) is 8.73. The summed E-state index contributed by atoms with van der Waals surface area (Å²) in [5.74, 6) is 2.99. The fourth-order valence-electron chi connectivity index (χ4n) is 1.46. The monoisotopic (exact) mass is 234 g/mol. The van der Waals surface area contributed by atoms with Crippen molar-refractivity contribution in [3.63, 3.8) is 0 Å². The number of thioether (sulfide) groups is 1. The maximum Gasteiger partial charge on any atom is 0.141 e.